The second-order valence-electron chi connectivity index (χ2n) is 7.75. The van der Waals surface area contributed by atoms with Crippen LogP contribution in [0.2, 0.25) is 0 Å². The molecule has 2 unspecified atom stereocenters. The van der Waals surface area contributed by atoms with E-state index in [1.54, 1.807) is 0 Å². The summed E-state index contributed by atoms with van der Waals surface area (Å²) in [4.78, 5) is 0. The maximum atomic E-state index is 6.70. The van der Waals surface area contributed by atoms with Crippen molar-refractivity contribution in [3.8, 4) is 0 Å². The van der Waals surface area contributed by atoms with E-state index in [-0.39, 0.29) is 0 Å². The Morgan fingerprint density at radius 2 is 1.03 bits per heavy atom. The highest BCUT2D eigenvalue weighted by molar-refractivity contribution is 9.10. The fraction of sp³-hybridized carbons (Fsp3) is 0.231. The third kappa shape index (κ3) is 4.58. The normalized spacial score (nSPS) is 26.9. The minimum atomic E-state index is -0.571. The highest BCUT2D eigenvalue weighted by Gasteiger charge is 2.40. The van der Waals surface area contributed by atoms with Gasteiger partial charge in [-0.1, -0.05) is 72.8 Å². The Bertz CT molecular complexity index is 934. The molecule has 3 heteroatoms. The van der Waals surface area contributed by atoms with Crippen LogP contribution in [-0.2, 0) is 4.74 Å². The average Bonchev–Trinajstić information content (AvgIpc) is 2.73. The van der Waals surface area contributed by atoms with Gasteiger partial charge < -0.3 is 4.74 Å². The highest BCUT2D eigenvalue weighted by atomic mass is 79.9. The van der Waals surface area contributed by atoms with Crippen LogP contribution in [0.3, 0.4) is 0 Å². The van der Waals surface area contributed by atoms with Gasteiger partial charge in [0.2, 0.25) is 0 Å². The quantitative estimate of drug-likeness (QED) is 0.377. The molecule has 0 bridgehead atoms. The number of benzene rings is 2. The summed E-state index contributed by atoms with van der Waals surface area (Å²) in [7, 11) is 0. The zero-order valence-electron chi connectivity index (χ0n) is 16.7. The molecule has 1 nitrogen and oxygen atoms in total. The van der Waals surface area contributed by atoms with E-state index in [2.05, 4.69) is 131 Å². The average molecular weight is 512 g/mol. The predicted molar refractivity (Wildman–Crippen MR) is 130 cm³/mol. The molecule has 2 atom stereocenters. The fourth-order valence-corrected chi connectivity index (χ4v) is 5.56. The molecule has 2 aromatic rings. The van der Waals surface area contributed by atoms with Crippen molar-refractivity contribution in [2.45, 2.75) is 35.7 Å². The van der Waals surface area contributed by atoms with Gasteiger partial charge in [-0.05, 0) is 91.3 Å². The van der Waals surface area contributed by atoms with E-state index >= 15 is 0 Å². The maximum absolute atomic E-state index is 6.70. The zero-order valence-corrected chi connectivity index (χ0v) is 19.8. The number of allylic oxidation sites excluding steroid dienone is 4. The first-order chi connectivity index (χ1) is 13.9. The lowest BCUT2D eigenvalue weighted by molar-refractivity contribution is 0.0102. The van der Waals surface area contributed by atoms with Gasteiger partial charge in [0.05, 0.1) is 0 Å². The largest absolute Gasteiger partial charge is 0.338 e. The van der Waals surface area contributed by atoms with Crippen LogP contribution < -0.4 is 0 Å². The summed E-state index contributed by atoms with van der Waals surface area (Å²) < 4.78 is 5.56. The Hall–Kier alpha value is -1.68. The van der Waals surface area contributed by atoms with E-state index in [4.69, 9.17) is 4.74 Å². The number of alkyl halides is 2. The van der Waals surface area contributed by atoms with Gasteiger partial charge in [0.15, 0.2) is 0 Å². The lowest BCUT2D eigenvalue weighted by Gasteiger charge is -2.39. The number of rotatable bonds is 4. The lowest BCUT2D eigenvalue weighted by atomic mass is 9.89. The van der Waals surface area contributed by atoms with E-state index < -0.39 is 9.02 Å². The molecule has 2 aliphatic rings. The molecule has 0 saturated heterocycles. The second-order valence-corrected chi connectivity index (χ2v) is 10.4. The molecule has 0 fully saturated rings. The van der Waals surface area contributed by atoms with E-state index in [0.29, 0.717) is 0 Å². The molecule has 2 aromatic carbocycles. The van der Waals surface area contributed by atoms with Crippen molar-refractivity contribution in [3.63, 3.8) is 0 Å². The summed E-state index contributed by atoms with van der Waals surface area (Å²) >= 11 is 7.80. The Morgan fingerprint density at radius 3 is 1.41 bits per heavy atom. The predicted octanol–water partition coefficient (Wildman–Crippen LogP) is 8.05. The summed E-state index contributed by atoms with van der Waals surface area (Å²) in [5.74, 6) is 0. The molecule has 29 heavy (non-hydrogen) atoms. The van der Waals surface area contributed by atoms with Crippen molar-refractivity contribution in [2.75, 3.05) is 0 Å². The molecule has 0 aromatic heterocycles. The van der Waals surface area contributed by atoms with E-state index in [9.17, 15) is 0 Å². The van der Waals surface area contributed by atoms with E-state index in [1.165, 1.54) is 33.4 Å². The zero-order chi connectivity index (χ0) is 20.5. The smallest absolute Gasteiger partial charge is 0.147 e. The molecule has 0 N–H and O–H groups in total. The number of halogens is 2. The van der Waals surface area contributed by atoms with E-state index in [0.717, 1.165) is 12.8 Å². The molecule has 0 radical (unpaired) electrons. The molecule has 4 rings (SSSR count). The SMILES string of the molecule is CC1=C(c2ccccc2)CC(Br)(OC2(Br)C=CC(C)=C(c3ccccc3)C2)C=C1. The summed E-state index contributed by atoms with van der Waals surface area (Å²) in [6.45, 7) is 4.32. The number of ether oxygens (including phenoxy) is 1. The second kappa shape index (κ2) is 8.22. The van der Waals surface area contributed by atoms with Gasteiger partial charge in [-0.3, -0.25) is 0 Å². The van der Waals surface area contributed by atoms with Gasteiger partial charge in [-0.15, -0.1) is 0 Å². The Morgan fingerprint density at radius 1 is 0.655 bits per heavy atom. The van der Waals surface area contributed by atoms with Gasteiger partial charge in [0.1, 0.15) is 9.02 Å². The fourth-order valence-electron chi connectivity index (χ4n) is 3.94. The third-order valence-corrected chi connectivity index (χ3v) is 6.95. The van der Waals surface area contributed by atoms with Crippen LogP contribution in [-0.4, -0.2) is 9.02 Å². The van der Waals surface area contributed by atoms with Crippen LogP contribution in [0.15, 0.2) is 96.1 Å². The topological polar surface area (TPSA) is 9.23 Å². The van der Waals surface area contributed by atoms with Crippen molar-refractivity contribution >= 4 is 43.0 Å². The van der Waals surface area contributed by atoms with Crippen LogP contribution >= 0.6 is 31.9 Å². The molecular weight excluding hydrogens is 488 g/mol. The maximum Gasteiger partial charge on any atom is 0.147 e. The Labute approximate surface area is 190 Å². The van der Waals surface area contributed by atoms with Crippen LogP contribution in [0, 0.1) is 0 Å². The van der Waals surface area contributed by atoms with Crippen LogP contribution in [0.25, 0.3) is 11.1 Å². The molecule has 0 saturated carbocycles. The molecule has 0 amide bonds. The lowest BCUT2D eigenvalue weighted by Crippen LogP contribution is -2.37. The monoisotopic (exact) mass is 510 g/mol. The molecular formula is C26H24Br2O. The van der Waals surface area contributed by atoms with Crippen molar-refractivity contribution in [1.82, 2.24) is 0 Å². The van der Waals surface area contributed by atoms with Gasteiger partial charge in [-0.2, -0.15) is 0 Å². The molecule has 0 aliphatic heterocycles. The molecule has 0 spiro atoms. The van der Waals surface area contributed by atoms with Crippen molar-refractivity contribution in [1.29, 1.82) is 0 Å². The van der Waals surface area contributed by atoms with Gasteiger partial charge in [0.25, 0.3) is 0 Å². The van der Waals surface area contributed by atoms with Crippen molar-refractivity contribution in [3.05, 3.63) is 107 Å². The Balaban J connectivity index is 1.58. The molecule has 2 aliphatic carbocycles. The Kier molecular flexibility index (Phi) is 5.83. The molecule has 148 valence electrons. The van der Waals surface area contributed by atoms with Gasteiger partial charge in [-0.25, -0.2) is 0 Å². The van der Waals surface area contributed by atoms with Crippen molar-refractivity contribution in [2.24, 2.45) is 0 Å². The van der Waals surface area contributed by atoms with Gasteiger partial charge in [0, 0.05) is 12.8 Å². The van der Waals surface area contributed by atoms with Crippen LogP contribution in [0.1, 0.15) is 37.8 Å². The van der Waals surface area contributed by atoms with Crippen LogP contribution in [0.4, 0.5) is 0 Å². The number of hydrogen-bond acceptors (Lipinski definition) is 1. The third-order valence-electron chi connectivity index (χ3n) is 5.54. The minimum absolute atomic E-state index is 0.571. The van der Waals surface area contributed by atoms with Crippen LogP contribution in [0.5, 0.6) is 0 Å². The summed E-state index contributed by atoms with van der Waals surface area (Å²) in [5.41, 5.74) is 7.64. The first kappa shape index (κ1) is 20.6. The highest BCUT2D eigenvalue weighted by Crippen LogP contribution is 2.48. The first-order valence-corrected chi connectivity index (χ1v) is 11.4. The van der Waals surface area contributed by atoms with Gasteiger partial charge >= 0.3 is 0 Å². The summed E-state index contributed by atoms with van der Waals surface area (Å²) in [6.07, 6.45) is 10.1. The molecule has 0 heterocycles. The standard InChI is InChI=1S/C26H24Br2O/c1-19-13-15-25(27,17-23(19)21-9-5-3-6-10-21)29-26(28)16-14-20(2)24(18-26)22-11-7-4-8-12-22/h3-16H,17-18H2,1-2H3. The summed E-state index contributed by atoms with van der Waals surface area (Å²) in [5, 5.41) is 0. The first-order valence-electron chi connectivity index (χ1n) is 9.84. The minimum Gasteiger partial charge on any atom is -0.338 e. The van der Waals surface area contributed by atoms with E-state index in [1.807, 2.05) is 0 Å². The number of hydrogen-bond donors (Lipinski definition) is 0. The van der Waals surface area contributed by atoms with Crippen molar-refractivity contribution < 1.29 is 4.74 Å². The summed E-state index contributed by atoms with van der Waals surface area (Å²) in [6, 6.07) is 21.1.